The van der Waals surface area contributed by atoms with Crippen molar-refractivity contribution in [3.05, 3.63) is 65.4 Å². The van der Waals surface area contributed by atoms with Crippen molar-refractivity contribution in [3.8, 4) is 11.3 Å². The molecule has 1 saturated carbocycles. The second-order valence-electron chi connectivity index (χ2n) is 8.93. The molecule has 0 atom stereocenters. The summed E-state index contributed by atoms with van der Waals surface area (Å²) in [6.07, 6.45) is 14.7. The van der Waals surface area contributed by atoms with Crippen LogP contribution in [0.25, 0.3) is 11.3 Å². The van der Waals surface area contributed by atoms with Crippen LogP contribution in [0.1, 0.15) is 88.7 Å². The van der Waals surface area contributed by atoms with Crippen LogP contribution in [-0.4, -0.2) is 16.1 Å². The number of aliphatic carboxylic acids is 1. The van der Waals surface area contributed by atoms with E-state index < -0.39 is 5.97 Å². The summed E-state index contributed by atoms with van der Waals surface area (Å²) in [5.74, 6) is 0.00479. The Morgan fingerprint density at radius 1 is 1.00 bits per heavy atom. The largest absolute Gasteiger partial charge is 0.478 e. The Morgan fingerprint density at radius 2 is 1.74 bits per heavy atom. The first kappa shape index (κ1) is 23.2. The molecule has 1 heterocycles. The first-order chi connectivity index (χ1) is 15.1. The first-order valence-electron chi connectivity index (χ1n) is 12.1. The Hall–Kier alpha value is -2.42. The van der Waals surface area contributed by atoms with Gasteiger partial charge in [0.05, 0.1) is 5.69 Å². The number of nitrogens with zero attached hydrogens (tertiary/aromatic N) is 1. The number of aromatic nitrogens is 1. The van der Waals surface area contributed by atoms with Gasteiger partial charge in [0.1, 0.15) is 0 Å². The molecule has 1 aliphatic rings. The Kier molecular flexibility index (Phi) is 8.87. The third-order valence-corrected chi connectivity index (χ3v) is 6.64. The van der Waals surface area contributed by atoms with E-state index in [-0.39, 0.29) is 5.92 Å². The molecular weight excluding hydrogens is 382 g/mol. The quantitative estimate of drug-likeness (QED) is 0.319. The van der Waals surface area contributed by atoms with Crippen LogP contribution in [0.3, 0.4) is 0 Å². The molecule has 0 saturated heterocycles. The number of carboxylic acids is 1. The predicted molar refractivity (Wildman–Crippen MR) is 128 cm³/mol. The molecule has 0 spiro atoms. The maximum atomic E-state index is 11.6. The van der Waals surface area contributed by atoms with E-state index in [1.807, 2.05) is 12.3 Å². The Bertz CT molecular complexity index is 844. The van der Waals surface area contributed by atoms with Crippen molar-refractivity contribution in [3.63, 3.8) is 0 Å². The summed E-state index contributed by atoms with van der Waals surface area (Å²) >= 11 is 0. The van der Waals surface area contributed by atoms with Crippen molar-refractivity contribution in [2.24, 2.45) is 5.92 Å². The van der Waals surface area contributed by atoms with Crippen LogP contribution in [0.15, 0.2) is 54.2 Å². The van der Waals surface area contributed by atoms with Gasteiger partial charge in [-0.15, -0.1) is 0 Å². The molecule has 1 fully saturated rings. The highest BCUT2D eigenvalue weighted by Gasteiger charge is 2.27. The van der Waals surface area contributed by atoms with E-state index in [0.29, 0.717) is 11.5 Å². The second kappa shape index (κ2) is 11.8. The standard InChI is InChI=1S/C28H37NO2/c1-3-5-7-8-21-10-19-27(29-20-21)25-17-13-23(14-18-25)22-11-15-24(16-12-22)26(28(30)31)9-6-4-2/h9-10,13-14,17-20,22,24H,3-8,11-12,15-16H2,1-2H3,(H,30,31)/t22-,24-. The molecule has 0 amide bonds. The van der Waals surface area contributed by atoms with Gasteiger partial charge in [-0.1, -0.05) is 69.5 Å². The van der Waals surface area contributed by atoms with Crippen molar-refractivity contribution in [1.82, 2.24) is 4.98 Å². The lowest BCUT2D eigenvalue weighted by molar-refractivity contribution is -0.133. The molecule has 2 aromatic rings. The maximum Gasteiger partial charge on any atom is 0.331 e. The fourth-order valence-electron chi connectivity index (χ4n) is 4.71. The lowest BCUT2D eigenvalue weighted by Crippen LogP contribution is -2.19. The zero-order valence-corrected chi connectivity index (χ0v) is 19.1. The predicted octanol–water partition coefficient (Wildman–Crippen LogP) is 7.57. The molecule has 0 radical (unpaired) electrons. The molecule has 0 bridgehead atoms. The average molecular weight is 420 g/mol. The van der Waals surface area contributed by atoms with Gasteiger partial charge in [0, 0.05) is 17.3 Å². The number of rotatable bonds is 10. The fourth-order valence-corrected chi connectivity index (χ4v) is 4.71. The molecule has 3 nitrogen and oxygen atoms in total. The third kappa shape index (κ3) is 6.53. The Balaban J connectivity index is 1.58. The molecule has 31 heavy (non-hydrogen) atoms. The van der Waals surface area contributed by atoms with Crippen LogP contribution in [0.5, 0.6) is 0 Å². The van der Waals surface area contributed by atoms with Crippen LogP contribution in [0.2, 0.25) is 0 Å². The van der Waals surface area contributed by atoms with Gasteiger partial charge >= 0.3 is 5.97 Å². The minimum atomic E-state index is -0.731. The third-order valence-electron chi connectivity index (χ3n) is 6.64. The highest BCUT2D eigenvalue weighted by Crippen LogP contribution is 2.39. The van der Waals surface area contributed by atoms with E-state index in [0.717, 1.165) is 56.2 Å². The number of hydrogen-bond acceptors (Lipinski definition) is 2. The number of benzene rings is 1. The van der Waals surface area contributed by atoms with Crippen LogP contribution < -0.4 is 0 Å². The molecule has 3 heteroatoms. The molecular formula is C28H37NO2. The van der Waals surface area contributed by atoms with Crippen molar-refractivity contribution < 1.29 is 9.90 Å². The second-order valence-corrected chi connectivity index (χ2v) is 8.93. The first-order valence-corrected chi connectivity index (χ1v) is 12.1. The van der Waals surface area contributed by atoms with Gasteiger partial charge in [-0.3, -0.25) is 4.98 Å². The number of allylic oxidation sites excluding steroid dienone is 1. The molecule has 1 N–H and O–H groups in total. The number of aryl methyl sites for hydroxylation is 1. The van der Waals surface area contributed by atoms with Crippen molar-refractivity contribution >= 4 is 5.97 Å². The van der Waals surface area contributed by atoms with Crippen molar-refractivity contribution in [2.45, 2.75) is 84.0 Å². The van der Waals surface area contributed by atoms with Crippen molar-refractivity contribution in [1.29, 1.82) is 0 Å². The summed E-state index contributed by atoms with van der Waals surface area (Å²) in [5.41, 5.74) is 5.52. The molecule has 1 aromatic carbocycles. The summed E-state index contributed by atoms with van der Waals surface area (Å²) < 4.78 is 0. The minimum absolute atomic E-state index is 0.208. The van der Waals surface area contributed by atoms with Gasteiger partial charge in [-0.2, -0.15) is 0 Å². The van der Waals surface area contributed by atoms with E-state index in [1.165, 1.54) is 30.4 Å². The zero-order valence-electron chi connectivity index (χ0n) is 19.1. The van der Waals surface area contributed by atoms with Gasteiger partial charge < -0.3 is 5.11 Å². The van der Waals surface area contributed by atoms with E-state index in [9.17, 15) is 9.90 Å². The fraction of sp³-hybridized carbons (Fsp3) is 0.500. The van der Waals surface area contributed by atoms with Gasteiger partial charge in [0.2, 0.25) is 0 Å². The molecule has 166 valence electrons. The smallest absolute Gasteiger partial charge is 0.331 e. The molecule has 1 aromatic heterocycles. The number of hydrogen-bond donors (Lipinski definition) is 1. The lowest BCUT2D eigenvalue weighted by Gasteiger charge is -2.29. The summed E-state index contributed by atoms with van der Waals surface area (Å²) in [7, 11) is 0. The van der Waals surface area contributed by atoms with Crippen LogP contribution >= 0.6 is 0 Å². The number of carbonyl (C=O) groups is 1. The molecule has 0 aliphatic heterocycles. The minimum Gasteiger partial charge on any atom is -0.478 e. The number of unbranched alkanes of at least 4 members (excludes halogenated alkanes) is 3. The molecule has 1 aliphatic carbocycles. The summed E-state index contributed by atoms with van der Waals surface area (Å²) in [4.78, 5) is 16.3. The SMILES string of the molecule is CCCC=C(C(=O)O)[C@H]1CC[C@H](c2ccc(-c3ccc(CCCCC)cn3)cc2)CC1. The average Bonchev–Trinajstić information content (AvgIpc) is 2.80. The van der Waals surface area contributed by atoms with Crippen LogP contribution in [-0.2, 0) is 11.2 Å². The number of carboxylic acid groups (broad SMARTS) is 1. The summed E-state index contributed by atoms with van der Waals surface area (Å²) in [6.45, 7) is 4.32. The van der Waals surface area contributed by atoms with Gasteiger partial charge in [0.25, 0.3) is 0 Å². The van der Waals surface area contributed by atoms with E-state index in [2.05, 4.69) is 55.2 Å². The lowest BCUT2D eigenvalue weighted by atomic mass is 9.75. The normalized spacial score (nSPS) is 19.4. The summed E-state index contributed by atoms with van der Waals surface area (Å²) in [6, 6.07) is 13.2. The van der Waals surface area contributed by atoms with E-state index >= 15 is 0 Å². The maximum absolute atomic E-state index is 11.6. The monoisotopic (exact) mass is 419 g/mol. The van der Waals surface area contributed by atoms with Crippen molar-refractivity contribution in [2.75, 3.05) is 0 Å². The molecule has 3 rings (SSSR count). The molecule has 0 unspecified atom stereocenters. The Morgan fingerprint density at radius 3 is 2.32 bits per heavy atom. The highest BCUT2D eigenvalue weighted by molar-refractivity contribution is 5.87. The van der Waals surface area contributed by atoms with Gasteiger partial charge in [-0.05, 0) is 74.0 Å². The topological polar surface area (TPSA) is 50.2 Å². The van der Waals surface area contributed by atoms with Crippen LogP contribution in [0.4, 0.5) is 0 Å². The highest BCUT2D eigenvalue weighted by atomic mass is 16.4. The number of pyridine rings is 1. The van der Waals surface area contributed by atoms with E-state index in [1.54, 1.807) is 0 Å². The zero-order chi connectivity index (χ0) is 22.1. The van der Waals surface area contributed by atoms with Gasteiger partial charge in [0.15, 0.2) is 0 Å². The summed E-state index contributed by atoms with van der Waals surface area (Å²) in [5, 5.41) is 9.57. The van der Waals surface area contributed by atoms with E-state index in [4.69, 9.17) is 0 Å². The van der Waals surface area contributed by atoms with Gasteiger partial charge in [-0.25, -0.2) is 4.79 Å². The Labute approximate surface area is 187 Å². The van der Waals surface area contributed by atoms with Crippen LogP contribution in [0, 0.1) is 5.92 Å².